The van der Waals surface area contributed by atoms with E-state index in [9.17, 15) is 4.79 Å². The fourth-order valence-electron chi connectivity index (χ4n) is 1.34. The van der Waals surface area contributed by atoms with Gasteiger partial charge in [0.15, 0.2) is 0 Å². The Hall–Kier alpha value is -1.59. The lowest BCUT2D eigenvalue weighted by Crippen LogP contribution is -2.39. The first-order chi connectivity index (χ1) is 8.54. The molecule has 1 aromatic carbocycles. The zero-order chi connectivity index (χ0) is 13.5. The summed E-state index contributed by atoms with van der Waals surface area (Å²) in [5.74, 6) is 0.657. The topological polar surface area (TPSA) is 90.4 Å². The van der Waals surface area contributed by atoms with Gasteiger partial charge in [0.05, 0.1) is 6.04 Å². The molecule has 1 rings (SSSR count). The highest BCUT2D eigenvalue weighted by atomic mass is 16.5. The molecular weight excluding hydrogens is 230 g/mol. The number of carbonyl (C=O) groups is 1. The summed E-state index contributed by atoms with van der Waals surface area (Å²) in [7, 11) is 0. The molecule has 0 aliphatic heterocycles. The molecule has 0 radical (unpaired) electrons. The Morgan fingerprint density at radius 2 is 1.94 bits per heavy atom. The lowest BCUT2D eigenvalue weighted by molar-refractivity contribution is -0.118. The highest BCUT2D eigenvalue weighted by Crippen LogP contribution is 2.16. The minimum absolute atomic E-state index is 0.108. The number of anilines is 1. The number of carbonyl (C=O) groups excluding carboxylic acids is 1. The van der Waals surface area contributed by atoms with Crippen molar-refractivity contribution >= 4 is 11.6 Å². The van der Waals surface area contributed by atoms with Crippen LogP contribution in [0.3, 0.4) is 0 Å². The van der Waals surface area contributed by atoms with Crippen LogP contribution in [0.4, 0.5) is 5.69 Å². The predicted molar refractivity (Wildman–Crippen MR) is 72.4 cm³/mol. The maximum atomic E-state index is 11.7. The minimum Gasteiger partial charge on any atom is -0.492 e. The van der Waals surface area contributed by atoms with Gasteiger partial charge >= 0.3 is 0 Å². The standard InChI is InChI=1S/C13H21N3O2/c1-9(2)12(15)13(17)16-10-3-5-11(6-4-10)18-8-7-14/h3-6,9,12H,7-8,14-15H2,1-2H3,(H,16,17)/t12-/m0/s1. The van der Waals surface area contributed by atoms with Gasteiger partial charge < -0.3 is 21.5 Å². The van der Waals surface area contributed by atoms with Gasteiger partial charge in [-0.25, -0.2) is 0 Å². The summed E-state index contributed by atoms with van der Waals surface area (Å²) < 4.78 is 5.34. The molecule has 18 heavy (non-hydrogen) atoms. The second-order valence-corrected chi connectivity index (χ2v) is 4.42. The van der Waals surface area contributed by atoms with Crippen LogP contribution in [0.5, 0.6) is 5.75 Å². The van der Waals surface area contributed by atoms with Crippen LogP contribution in [-0.4, -0.2) is 25.1 Å². The van der Waals surface area contributed by atoms with Crippen molar-refractivity contribution in [2.75, 3.05) is 18.5 Å². The van der Waals surface area contributed by atoms with E-state index in [1.54, 1.807) is 24.3 Å². The van der Waals surface area contributed by atoms with Crippen LogP contribution >= 0.6 is 0 Å². The van der Waals surface area contributed by atoms with E-state index in [0.29, 0.717) is 18.8 Å². The number of nitrogens with two attached hydrogens (primary N) is 2. The molecule has 0 aliphatic carbocycles. The van der Waals surface area contributed by atoms with Gasteiger partial charge in [-0.2, -0.15) is 0 Å². The molecular formula is C13H21N3O2. The van der Waals surface area contributed by atoms with Gasteiger partial charge in [0.2, 0.25) is 5.91 Å². The van der Waals surface area contributed by atoms with E-state index < -0.39 is 6.04 Å². The van der Waals surface area contributed by atoms with E-state index in [-0.39, 0.29) is 11.8 Å². The maximum absolute atomic E-state index is 11.7. The summed E-state index contributed by atoms with van der Waals surface area (Å²) in [5, 5.41) is 2.76. The molecule has 0 aromatic heterocycles. The number of hydrogen-bond donors (Lipinski definition) is 3. The number of amides is 1. The Labute approximate surface area is 107 Å². The van der Waals surface area contributed by atoms with Crippen LogP contribution in [0.25, 0.3) is 0 Å². The van der Waals surface area contributed by atoms with Crippen molar-refractivity contribution in [3.63, 3.8) is 0 Å². The Morgan fingerprint density at radius 1 is 1.33 bits per heavy atom. The molecule has 1 amide bonds. The van der Waals surface area contributed by atoms with E-state index in [1.165, 1.54) is 0 Å². The molecule has 1 aromatic rings. The normalized spacial score (nSPS) is 12.3. The average Bonchev–Trinajstić information content (AvgIpc) is 2.36. The zero-order valence-corrected chi connectivity index (χ0v) is 10.8. The monoisotopic (exact) mass is 251 g/mol. The molecule has 5 heteroatoms. The molecule has 5 N–H and O–H groups in total. The molecule has 0 fully saturated rings. The minimum atomic E-state index is -0.502. The van der Waals surface area contributed by atoms with Crippen molar-refractivity contribution in [2.45, 2.75) is 19.9 Å². The molecule has 0 unspecified atom stereocenters. The third-order valence-corrected chi connectivity index (χ3v) is 2.53. The lowest BCUT2D eigenvalue weighted by Gasteiger charge is -2.15. The van der Waals surface area contributed by atoms with E-state index >= 15 is 0 Å². The van der Waals surface area contributed by atoms with E-state index in [2.05, 4.69) is 5.32 Å². The predicted octanol–water partition coefficient (Wildman–Crippen LogP) is 0.946. The summed E-state index contributed by atoms with van der Waals surface area (Å²) >= 11 is 0. The van der Waals surface area contributed by atoms with Crippen LogP contribution in [-0.2, 0) is 4.79 Å². The van der Waals surface area contributed by atoms with Gasteiger partial charge in [0, 0.05) is 12.2 Å². The van der Waals surface area contributed by atoms with Gasteiger partial charge in [-0.1, -0.05) is 13.8 Å². The van der Waals surface area contributed by atoms with Gasteiger partial charge in [-0.05, 0) is 30.2 Å². The Bertz CT molecular complexity index is 376. The summed E-state index contributed by atoms with van der Waals surface area (Å²) in [6.45, 7) is 4.77. The third-order valence-electron chi connectivity index (χ3n) is 2.53. The number of hydrogen-bond acceptors (Lipinski definition) is 4. The van der Waals surface area contributed by atoms with Gasteiger partial charge in [-0.3, -0.25) is 4.79 Å². The second kappa shape index (κ2) is 6.98. The van der Waals surface area contributed by atoms with E-state index in [1.807, 2.05) is 13.8 Å². The van der Waals surface area contributed by atoms with Gasteiger partial charge in [0.25, 0.3) is 0 Å². The molecule has 0 heterocycles. The van der Waals surface area contributed by atoms with Crippen LogP contribution < -0.4 is 21.5 Å². The van der Waals surface area contributed by atoms with Crippen molar-refractivity contribution in [2.24, 2.45) is 17.4 Å². The molecule has 1 atom stereocenters. The van der Waals surface area contributed by atoms with Crippen LogP contribution in [0.2, 0.25) is 0 Å². The van der Waals surface area contributed by atoms with Crippen LogP contribution in [0.1, 0.15) is 13.8 Å². The fraction of sp³-hybridized carbons (Fsp3) is 0.462. The van der Waals surface area contributed by atoms with Crippen LogP contribution in [0.15, 0.2) is 24.3 Å². The quantitative estimate of drug-likeness (QED) is 0.702. The van der Waals surface area contributed by atoms with Crippen molar-refractivity contribution in [3.8, 4) is 5.75 Å². The molecule has 0 saturated carbocycles. The van der Waals surface area contributed by atoms with E-state index in [0.717, 1.165) is 5.75 Å². The molecule has 5 nitrogen and oxygen atoms in total. The second-order valence-electron chi connectivity index (χ2n) is 4.42. The van der Waals surface area contributed by atoms with E-state index in [4.69, 9.17) is 16.2 Å². The first-order valence-corrected chi connectivity index (χ1v) is 6.04. The summed E-state index contributed by atoms with van der Waals surface area (Å²) in [6, 6.07) is 6.62. The molecule has 0 spiro atoms. The highest BCUT2D eigenvalue weighted by Gasteiger charge is 2.16. The Kier molecular flexibility index (Phi) is 5.61. The van der Waals surface area contributed by atoms with Gasteiger partial charge in [0.1, 0.15) is 12.4 Å². The fourth-order valence-corrected chi connectivity index (χ4v) is 1.34. The number of benzene rings is 1. The first kappa shape index (κ1) is 14.5. The average molecular weight is 251 g/mol. The zero-order valence-electron chi connectivity index (χ0n) is 10.8. The molecule has 0 aliphatic rings. The van der Waals surface area contributed by atoms with Crippen molar-refractivity contribution in [3.05, 3.63) is 24.3 Å². The smallest absolute Gasteiger partial charge is 0.241 e. The third kappa shape index (κ3) is 4.35. The SMILES string of the molecule is CC(C)[C@H](N)C(=O)Nc1ccc(OCCN)cc1. The van der Waals surface area contributed by atoms with Crippen molar-refractivity contribution in [1.29, 1.82) is 0 Å². The highest BCUT2D eigenvalue weighted by molar-refractivity contribution is 5.94. The van der Waals surface area contributed by atoms with Crippen molar-refractivity contribution < 1.29 is 9.53 Å². The Balaban J connectivity index is 2.55. The number of ether oxygens (including phenoxy) is 1. The summed E-state index contributed by atoms with van der Waals surface area (Å²) in [5.41, 5.74) is 11.8. The van der Waals surface area contributed by atoms with Crippen LogP contribution in [0, 0.1) is 5.92 Å². The van der Waals surface area contributed by atoms with Crippen molar-refractivity contribution in [1.82, 2.24) is 0 Å². The molecule has 100 valence electrons. The number of nitrogens with one attached hydrogen (secondary N) is 1. The van der Waals surface area contributed by atoms with Gasteiger partial charge in [-0.15, -0.1) is 0 Å². The maximum Gasteiger partial charge on any atom is 0.241 e. The molecule has 0 bridgehead atoms. The Morgan fingerprint density at radius 3 is 2.44 bits per heavy atom. The summed E-state index contributed by atoms with van der Waals surface area (Å²) in [6.07, 6.45) is 0. The molecule has 0 saturated heterocycles. The number of rotatable bonds is 6. The lowest BCUT2D eigenvalue weighted by atomic mass is 10.1. The summed E-state index contributed by atoms with van der Waals surface area (Å²) in [4.78, 5) is 11.7. The first-order valence-electron chi connectivity index (χ1n) is 6.04. The largest absolute Gasteiger partial charge is 0.492 e.